The van der Waals surface area contributed by atoms with Gasteiger partial charge in [0.2, 0.25) is 0 Å². The second-order valence-corrected chi connectivity index (χ2v) is 11.5. The molecule has 3 saturated heterocycles. The normalized spacial score (nSPS) is 24.8. The number of quaternary nitrogens is 1. The molecule has 2 unspecified atom stereocenters. The predicted octanol–water partition coefficient (Wildman–Crippen LogP) is 7.61. The van der Waals surface area contributed by atoms with Gasteiger partial charge in [0.25, 0.3) is 0 Å². The fourth-order valence-corrected chi connectivity index (χ4v) is 7.34. The Labute approximate surface area is 235 Å². The van der Waals surface area contributed by atoms with Gasteiger partial charge in [0.1, 0.15) is 36.1 Å². The summed E-state index contributed by atoms with van der Waals surface area (Å²) in [4.78, 5) is 4.62. The van der Waals surface area contributed by atoms with Crippen LogP contribution in [0.1, 0.15) is 49.0 Å². The Morgan fingerprint density at radius 1 is 0.975 bits per heavy atom. The van der Waals surface area contributed by atoms with Crippen molar-refractivity contribution in [3.05, 3.63) is 107 Å². The molecule has 0 spiro atoms. The number of aromatic nitrogens is 1. The fraction of sp³-hybridized carbons (Fsp3) is 0.382. The molecule has 0 saturated carbocycles. The second kappa shape index (κ2) is 11.3. The third kappa shape index (κ3) is 4.99. The van der Waals surface area contributed by atoms with Gasteiger partial charge in [-0.15, -0.1) is 0 Å². The van der Waals surface area contributed by atoms with Crippen molar-refractivity contribution in [2.45, 2.75) is 51.5 Å². The lowest BCUT2D eigenvalue weighted by Gasteiger charge is -2.59. The monoisotopic (exact) mass is 543 g/mol. The van der Waals surface area contributed by atoms with Crippen molar-refractivity contribution in [3.8, 4) is 5.75 Å². The van der Waals surface area contributed by atoms with Gasteiger partial charge in [-0.2, -0.15) is 0 Å². The van der Waals surface area contributed by atoms with Crippen LogP contribution in [0.4, 0.5) is 8.78 Å². The van der Waals surface area contributed by atoms with Crippen molar-refractivity contribution in [1.29, 1.82) is 0 Å². The predicted molar refractivity (Wildman–Crippen MR) is 153 cm³/mol. The van der Waals surface area contributed by atoms with E-state index in [0.717, 1.165) is 64.6 Å². The van der Waals surface area contributed by atoms with Crippen molar-refractivity contribution >= 4 is 10.9 Å². The highest BCUT2D eigenvalue weighted by atomic mass is 19.1. The highest BCUT2D eigenvalue weighted by Crippen LogP contribution is 2.50. The molecule has 3 aliphatic heterocycles. The Balaban J connectivity index is 1.47. The van der Waals surface area contributed by atoms with Crippen LogP contribution in [0.3, 0.4) is 0 Å². The number of rotatable bonds is 9. The van der Waals surface area contributed by atoms with Crippen molar-refractivity contribution < 1.29 is 22.7 Å². The maximum Gasteiger partial charge on any atom is 0.135 e. The van der Waals surface area contributed by atoms with E-state index in [-0.39, 0.29) is 30.4 Å². The van der Waals surface area contributed by atoms with Crippen LogP contribution in [-0.4, -0.2) is 35.7 Å². The third-order valence-electron chi connectivity index (χ3n) is 9.44. The van der Waals surface area contributed by atoms with E-state index in [4.69, 9.17) is 9.47 Å². The molecule has 2 bridgehead atoms. The third-order valence-corrected chi connectivity index (χ3v) is 9.44. The van der Waals surface area contributed by atoms with E-state index in [0.29, 0.717) is 23.9 Å². The minimum absolute atomic E-state index is 0.0877. The average Bonchev–Trinajstić information content (AvgIpc) is 2.99. The highest BCUT2D eigenvalue weighted by Gasteiger charge is 2.55. The van der Waals surface area contributed by atoms with Gasteiger partial charge in [0.15, 0.2) is 0 Å². The van der Waals surface area contributed by atoms with Crippen molar-refractivity contribution in [2.24, 2.45) is 11.8 Å². The van der Waals surface area contributed by atoms with E-state index in [1.807, 2.05) is 48.7 Å². The number of halogens is 2. The molecule has 0 radical (unpaired) electrons. The minimum Gasteiger partial charge on any atom is -0.497 e. The molecular weight excluding hydrogens is 506 g/mol. The van der Waals surface area contributed by atoms with Gasteiger partial charge in [0.05, 0.1) is 32.3 Å². The molecule has 4 aromatic rings. The van der Waals surface area contributed by atoms with Crippen LogP contribution >= 0.6 is 0 Å². The van der Waals surface area contributed by atoms with Crippen molar-refractivity contribution in [1.82, 2.24) is 4.98 Å². The van der Waals surface area contributed by atoms with Crippen LogP contribution < -0.4 is 4.74 Å². The molecule has 3 fully saturated rings. The van der Waals surface area contributed by atoms with E-state index < -0.39 is 0 Å². The summed E-state index contributed by atoms with van der Waals surface area (Å²) in [7, 11) is 1.66. The molecule has 0 aliphatic carbocycles. The molecule has 4 heterocycles. The molecule has 4 nitrogen and oxygen atoms in total. The molecule has 0 N–H and O–H groups in total. The molecule has 208 valence electrons. The number of ether oxygens (including phenoxy) is 2. The van der Waals surface area contributed by atoms with Crippen molar-refractivity contribution in [3.63, 3.8) is 0 Å². The lowest BCUT2D eigenvalue weighted by atomic mass is 9.70. The van der Waals surface area contributed by atoms with E-state index in [9.17, 15) is 4.39 Å². The first-order chi connectivity index (χ1) is 19.5. The smallest absolute Gasteiger partial charge is 0.135 e. The zero-order valence-corrected chi connectivity index (χ0v) is 23.2. The minimum atomic E-state index is -0.329. The summed E-state index contributed by atoms with van der Waals surface area (Å²) >= 11 is 0. The Bertz CT molecular complexity index is 1490. The first-order valence-electron chi connectivity index (χ1n) is 14.4. The molecule has 7 rings (SSSR count). The molecule has 5 atom stereocenters. The molecule has 3 aliphatic rings. The molecule has 0 amide bonds. The lowest BCUT2D eigenvalue weighted by molar-refractivity contribution is -0.986. The summed E-state index contributed by atoms with van der Waals surface area (Å²) in [6.07, 6.45) is 4.74. The Morgan fingerprint density at radius 2 is 1.73 bits per heavy atom. The second-order valence-electron chi connectivity index (χ2n) is 11.5. The van der Waals surface area contributed by atoms with E-state index in [1.54, 1.807) is 31.4 Å². The first-order valence-corrected chi connectivity index (χ1v) is 14.4. The van der Waals surface area contributed by atoms with Gasteiger partial charge >= 0.3 is 0 Å². The first kappa shape index (κ1) is 26.9. The van der Waals surface area contributed by atoms with Crippen LogP contribution in [0.5, 0.6) is 5.75 Å². The zero-order valence-electron chi connectivity index (χ0n) is 23.2. The van der Waals surface area contributed by atoms with Crippen molar-refractivity contribution in [2.75, 3.05) is 20.2 Å². The van der Waals surface area contributed by atoms with E-state index >= 15 is 4.39 Å². The Hall–Kier alpha value is -3.35. The number of nitrogens with zero attached hydrogens (tertiary/aromatic N) is 2. The molecule has 3 aromatic carbocycles. The fourth-order valence-electron chi connectivity index (χ4n) is 7.34. The average molecular weight is 544 g/mol. The van der Waals surface area contributed by atoms with Crippen LogP contribution in [0, 0.1) is 23.5 Å². The quantitative estimate of drug-likeness (QED) is 0.204. The van der Waals surface area contributed by atoms with Crippen LogP contribution in [-0.2, 0) is 17.9 Å². The molecule has 6 heteroatoms. The standard InChI is InChI=1S/C34H37F2N2O2/c1-3-23-20-38(21-25-8-4-6-10-30(25)35)17-15-24(23)18-33(38)34(40-22-26-9-5-7-11-31(26)36)28-14-16-37-32-13-12-27(39-2)19-29(28)32/h4-14,16,19,23-24,33-34H,3,15,17-18,20-22H2,1-2H3/q+1/t23?,24-,33?,34+,38-/m1/s1. The summed E-state index contributed by atoms with van der Waals surface area (Å²) in [5, 5.41) is 0.971. The summed E-state index contributed by atoms with van der Waals surface area (Å²) < 4.78 is 43.0. The van der Waals surface area contributed by atoms with Gasteiger partial charge in [-0.05, 0) is 54.3 Å². The maximum absolute atomic E-state index is 15.1. The Kier molecular flexibility index (Phi) is 7.56. The van der Waals surface area contributed by atoms with E-state index in [1.165, 1.54) is 6.07 Å². The topological polar surface area (TPSA) is 31.4 Å². The maximum atomic E-state index is 15.1. The van der Waals surface area contributed by atoms with Crippen LogP contribution in [0.25, 0.3) is 10.9 Å². The summed E-state index contributed by atoms with van der Waals surface area (Å²) in [5.41, 5.74) is 3.17. The molecule has 1 aromatic heterocycles. The zero-order chi connectivity index (χ0) is 27.7. The largest absolute Gasteiger partial charge is 0.497 e. The molecular formula is C34H37F2N2O2+. The molecule has 40 heavy (non-hydrogen) atoms. The summed E-state index contributed by atoms with van der Waals surface area (Å²) in [6.45, 7) is 5.02. The van der Waals surface area contributed by atoms with Gasteiger partial charge < -0.3 is 14.0 Å². The number of methoxy groups -OCH3 is 1. The number of benzene rings is 3. The number of piperidine rings is 3. The van der Waals surface area contributed by atoms with Gasteiger partial charge in [-0.25, -0.2) is 8.78 Å². The van der Waals surface area contributed by atoms with Crippen LogP contribution in [0.2, 0.25) is 0 Å². The van der Waals surface area contributed by atoms with Gasteiger partial charge in [-0.3, -0.25) is 4.98 Å². The SMILES string of the molecule is CCC1C[N@@+]2(Cc3ccccc3F)CC[C@@H]1CC2[C@@H](OCc1ccccc1F)c1ccnc2ccc(OC)cc12. The lowest BCUT2D eigenvalue weighted by Crippen LogP contribution is -2.68. The van der Waals surface area contributed by atoms with Gasteiger partial charge in [0, 0.05) is 41.5 Å². The number of pyridine rings is 1. The van der Waals surface area contributed by atoms with Crippen LogP contribution in [0.15, 0.2) is 79.0 Å². The number of fused-ring (bicyclic) bond motifs is 4. The number of hydrogen-bond acceptors (Lipinski definition) is 3. The Morgan fingerprint density at radius 3 is 2.45 bits per heavy atom. The number of hydrogen-bond donors (Lipinski definition) is 0. The van der Waals surface area contributed by atoms with Gasteiger partial charge in [-0.1, -0.05) is 43.3 Å². The van der Waals surface area contributed by atoms with E-state index in [2.05, 4.69) is 11.9 Å². The summed E-state index contributed by atoms with van der Waals surface area (Å²) in [5.74, 6) is 1.52. The highest BCUT2D eigenvalue weighted by molar-refractivity contribution is 5.84. The summed E-state index contributed by atoms with van der Waals surface area (Å²) in [6, 6.07) is 22.0.